The first-order valence-corrected chi connectivity index (χ1v) is 15.1. The quantitative estimate of drug-likeness (QED) is 0.349. The van der Waals surface area contributed by atoms with Crippen LogP contribution >= 0.6 is 0 Å². The van der Waals surface area contributed by atoms with Gasteiger partial charge in [0.05, 0.1) is 24.4 Å². The zero-order valence-corrected chi connectivity index (χ0v) is 24.9. The van der Waals surface area contributed by atoms with Gasteiger partial charge in [-0.05, 0) is 93.3 Å². The van der Waals surface area contributed by atoms with E-state index in [2.05, 4.69) is 40.7 Å². The first-order chi connectivity index (χ1) is 17.5. The smallest absolute Gasteiger partial charge is 0.302 e. The molecule has 0 bridgehead atoms. The lowest BCUT2D eigenvalue weighted by molar-refractivity contribution is -0.221. The second-order valence-corrected chi connectivity index (χ2v) is 15.5. The van der Waals surface area contributed by atoms with E-state index in [-0.39, 0.29) is 45.6 Å². The first-order valence-electron chi connectivity index (χ1n) is 15.1. The van der Waals surface area contributed by atoms with Gasteiger partial charge < -0.3 is 24.8 Å². The Morgan fingerprint density at radius 1 is 1.05 bits per heavy atom. The lowest BCUT2D eigenvalue weighted by atomic mass is 9.37. The maximum absolute atomic E-state index is 12.0. The molecule has 5 rings (SSSR count). The summed E-state index contributed by atoms with van der Waals surface area (Å²) in [4.78, 5) is 11.9. The van der Waals surface area contributed by atoms with Crippen molar-refractivity contribution in [2.75, 3.05) is 6.61 Å². The van der Waals surface area contributed by atoms with Crippen molar-refractivity contribution in [1.29, 1.82) is 0 Å². The standard InChI is InChI=1S/C32H52O6/c1-18(33)38-26-12-14-31(7)23-11-13-30(6)20(19-15-21(34)27(37-17-19)29(4,5)36)9-10-22(30)32(23,8)25(35)16-24(31)28(26,2)3/h10,19-21,23-27,34-36H,9,11-17H2,1-8H3/t19-,20-,21+,23+,24-,25+,26+,27-,30-,31+,32-/m0/s1. The van der Waals surface area contributed by atoms with Gasteiger partial charge in [0.25, 0.3) is 0 Å². The van der Waals surface area contributed by atoms with E-state index in [1.165, 1.54) is 12.5 Å². The monoisotopic (exact) mass is 532 g/mol. The molecule has 38 heavy (non-hydrogen) atoms. The zero-order chi connectivity index (χ0) is 28.1. The summed E-state index contributed by atoms with van der Waals surface area (Å²) in [5.74, 6) is 1.02. The van der Waals surface area contributed by atoms with E-state index in [0.29, 0.717) is 24.9 Å². The van der Waals surface area contributed by atoms with Crippen LogP contribution in [0, 0.1) is 45.3 Å². The van der Waals surface area contributed by atoms with Crippen molar-refractivity contribution in [1.82, 2.24) is 0 Å². The number of carbonyl (C=O) groups is 1. The summed E-state index contributed by atoms with van der Waals surface area (Å²) in [5, 5.41) is 33.4. The van der Waals surface area contributed by atoms with Gasteiger partial charge in [-0.25, -0.2) is 0 Å². The molecule has 4 aliphatic carbocycles. The molecule has 3 saturated carbocycles. The van der Waals surface area contributed by atoms with Crippen LogP contribution in [0.4, 0.5) is 0 Å². The molecule has 3 N–H and O–H groups in total. The third-order valence-corrected chi connectivity index (χ3v) is 12.6. The second kappa shape index (κ2) is 9.03. The van der Waals surface area contributed by atoms with E-state index in [4.69, 9.17) is 9.47 Å². The summed E-state index contributed by atoms with van der Waals surface area (Å²) < 4.78 is 11.9. The van der Waals surface area contributed by atoms with E-state index in [1.54, 1.807) is 13.8 Å². The van der Waals surface area contributed by atoms with Crippen molar-refractivity contribution in [3.8, 4) is 0 Å². The zero-order valence-electron chi connectivity index (χ0n) is 24.9. The highest BCUT2D eigenvalue weighted by molar-refractivity contribution is 5.66. The molecule has 1 saturated heterocycles. The number of aliphatic hydroxyl groups is 3. The third kappa shape index (κ3) is 3.98. The SMILES string of the molecule is CC(=O)O[C@@H]1CC[C@]2(C)[C@H]3CC[C@]4(C)C(=CC[C@H]4[C@@H]4CO[C@H](C(C)(C)O)[C@H](O)C4)[C@]3(C)[C@H](O)C[C@H]2C1(C)C. The molecule has 0 spiro atoms. The Labute approximate surface area is 229 Å². The van der Waals surface area contributed by atoms with Crippen LogP contribution in [0.1, 0.15) is 100 Å². The van der Waals surface area contributed by atoms with Gasteiger partial charge in [-0.15, -0.1) is 0 Å². The fraction of sp³-hybridized carbons (Fsp3) is 0.906. The number of aliphatic hydroxyl groups excluding tert-OH is 2. The maximum atomic E-state index is 12.0. The van der Waals surface area contributed by atoms with Gasteiger partial charge in [-0.3, -0.25) is 4.79 Å². The van der Waals surface area contributed by atoms with Gasteiger partial charge in [-0.2, -0.15) is 0 Å². The van der Waals surface area contributed by atoms with E-state index in [0.717, 1.165) is 38.5 Å². The molecular formula is C32H52O6. The van der Waals surface area contributed by atoms with Crippen molar-refractivity contribution >= 4 is 5.97 Å². The predicted molar refractivity (Wildman–Crippen MR) is 146 cm³/mol. The Hall–Kier alpha value is -0.950. The highest BCUT2D eigenvalue weighted by Crippen LogP contribution is 2.73. The second-order valence-electron chi connectivity index (χ2n) is 15.5. The van der Waals surface area contributed by atoms with Gasteiger partial charge >= 0.3 is 5.97 Å². The average molecular weight is 533 g/mol. The first kappa shape index (κ1) is 28.6. The minimum atomic E-state index is -1.07. The fourth-order valence-electron chi connectivity index (χ4n) is 10.9. The summed E-state index contributed by atoms with van der Waals surface area (Å²) in [5.41, 5.74) is -0.0906. The lowest BCUT2D eigenvalue weighted by Crippen LogP contribution is -2.65. The van der Waals surface area contributed by atoms with Crippen molar-refractivity contribution in [2.24, 2.45) is 45.3 Å². The van der Waals surface area contributed by atoms with Crippen molar-refractivity contribution < 1.29 is 29.6 Å². The van der Waals surface area contributed by atoms with E-state index in [1.807, 2.05) is 0 Å². The van der Waals surface area contributed by atoms with Gasteiger partial charge in [-0.1, -0.05) is 46.3 Å². The molecule has 6 heteroatoms. The lowest BCUT2D eigenvalue weighted by Gasteiger charge is -2.68. The summed E-state index contributed by atoms with van der Waals surface area (Å²) in [6.07, 6.45) is 7.01. The highest BCUT2D eigenvalue weighted by Gasteiger charge is 2.68. The molecule has 11 atom stereocenters. The fourth-order valence-corrected chi connectivity index (χ4v) is 10.9. The normalized spacial score (nSPS) is 50.3. The van der Waals surface area contributed by atoms with E-state index >= 15 is 0 Å². The summed E-state index contributed by atoms with van der Waals surface area (Å²) >= 11 is 0. The number of ether oxygens (including phenoxy) is 2. The highest BCUT2D eigenvalue weighted by atomic mass is 16.5. The largest absolute Gasteiger partial charge is 0.462 e. The Morgan fingerprint density at radius 2 is 1.74 bits per heavy atom. The van der Waals surface area contributed by atoms with Crippen LogP contribution in [-0.4, -0.2) is 57.9 Å². The molecule has 0 aromatic heterocycles. The van der Waals surface area contributed by atoms with Gasteiger partial charge in [0.2, 0.25) is 0 Å². The van der Waals surface area contributed by atoms with E-state index < -0.39 is 23.9 Å². The molecule has 0 amide bonds. The van der Waals surface area contributed by atoms with Crippen molar-refractivity contribution in [2.45, 2.75) is 130 Å². The number of hydrogen-bond acceptors (Lipinski definition) is 6. The van der Waals surface area contributed by atoms with Crippen LogP contribution < -0.4 is 0 Å². The number of esters is 1. The maximum Gasteiger partial charge on any atom is 0.302 e. The molecule has 0 aromatic rings. The van der Waals surface area contributed by atoms with Gasteiger partial charge in [0, 0.05) is 17.8 Å². The molecule has 0 unspecified atom stereocenters. The van der Waals surface area contributed by atoms with Crippen molar-refractivity contribution in [3.05, 3.63) is 11.6 Å². The molecule has 1 heterocycles. The number of carbonyl (C=O) groups excluding carboxylic acids is 1. The molecule has 0 radical (unpaired) electrons. The Morgan fingerprint density at radius 3 is 2.34 bits per heavy atom. The minimum absolute atomic E-state index is 0.0325. The third-order valence-electron chi connectivity index (χ3n) is 12.6. The van der Waals surface area contributed by atoms with Gasteiger partial charge in [0.1, 0.15) is 12.2 Å². The molecule has 1 aliphatic heterocycles. The van der Waals surface area contributed by atoms with Crippen LogP contribution in [0.3, 0.4) is 0 Å². The van der Waals surface area contributed by atoms with Crippen LogP contribution in [-0.2, 0) is 14.3 Å². The number of fused-ring (bicyclic) bond motifs is 5. The van der Waals surface area contributed by atoms with E-state index in [9.17, 15) is 20.1 Å². The van der Waals surface area contributed by atoms with Crippen LogP contribution in [0.15, 0.2) is 11.6 Å². The molecule has 5 aliphatic rings. The molecule has 4 fully saturated rings. The van der Waals surface area contributed by atoms with Gasteiger partial charge in [0.15, 0.2) is 0 Å². The minimum Gasteiger partial charge on any atom is -0.462 e. The average Bonchev–Trinajstić information content (AvgIpc) is 3.15. The summed E-state index contributed by atoms with van der Waals surface area (Å²) in [7, 11) is 0. The molecule has 0 aromatic carbocycles. The number of allylic oxidation sites excluding steroid dienone is 1. The Balaban J connectivity index is 1.41. The molecular weight excluding hydrogens is 480 g/mol. The van der Waals surface area contributed by atoms with Crippen molar-refractivity contribution in [3.63, 3.8) is 0 Å². The predicted octanol–water partition coefficient (Wildman–Crippen LogP) is 5.03. The molecule has 6 nitrogen and oxygen atoms in total. The summed E-state index contributed by atoms with van der Waals surface area (Å²) in [6.45, 7) is 17.1. The van der Waals surface area contributed by atoms with Crippen LogP contribution in [0.25, 0.3) is 0 Å². The topological polar surface area (TPSA) is 96.2 Å². The number of rotatable bonds is 3. The molecule has 216 valence electrons. The van der Waals surface area contributed by atoms with Crippen LogP contribution in [0.5, 0.6) is 0 Å². The summed E-state index contributed by atoms with van der Waals surface area (Å²) in [6, 6.07) is 0. The van der Waals surface area contributed by atoms with Crippen LogP contribution in [0.2, 0.25) is 0 Å². The Kier molecular flexibility index (Phi) is 6.79. The number of hydrogen-bond donors (Lipinski definition) is 3. The Bertz CT molecular complexity index is 981.